The van der Waals surface area contributed by atoms with Gasteiger partial charge in [0.15, 0.2) is 6.10 Å². The number of carbonyl (C=O) groups is 2. The van der Waals surface area contributed by atoms with Gasteiger partial charge in [-0.15, -0.1) is 0 Å². The highest BCUT2D eigenvalue weighted by Crippen LogP contribution is 2.33. The Balaban J connectivity index is 1.39. The molecule has 2 amide bonds. The summed E-state index contributed by atoms with van der Waals surface area (Å²) in [5.74, 6) is -0.0434. The molecule has 1 saturated heterocycles. The van der Waals surface area contributed by atoms with Crippen molar-refractivity contribution in [1.82, 2.24) is 9.62 Å². The normalized spacial score (nSPS) is 19.0. The molecule has 9 nitrogen and oxygen atoms in total. The molecule has 0 aromatic heterocycles. The minimum absolute atomic E-state index is 0.120. The fourth-order valence-electron chi connectivity index (χ4n) is 3.69. The van der Waals surface area contributed by atoms with Crippen LogP contribution in [0.2, 0.25) is 0 Å². The Hall–Kier alpha value is -2.95. The molecular formula is C22H25N3O6S. The molecule has 2 aliphatic rings. The fourth-order valence-corrected chi connectivity index (χ4v) is 5.10. The molecule has 4 rings (SSSR count). The van der Waals surface area contributed by atoms with E-state index in [1.807, 2.05) is 0 Å². The van der Waals surface area contributed by atoms with E-state index in [0.29, 0.717) is 37.7 Å². The molecule has 1 N–H and O–H groups in total. The number of nitrogens with zero attached hydrogens (tertiary/aromatic N) is 2. The maximum absolute atomic E-state index is 12.7. The molecule has 2 aromatic rings. The van der Waals surface area contributed by atoms with E-state index in [9.17, 15) is 18.0 Å². The largest absolute Gasteiger partial charge is 0.477 e. The number of fused-ring (bicyclic) bond motifs is 1. The van der Waals surface area contributed by atoms with Crippen molar-refractivity contribution in [2.45, 2.75) is 24.5 Å². The quantitative estimate of drug-likeness (QED) is 0.719. The minimum Gasteiger partial charge on any atom is -0.477 e. The SMILES string of the molecule is CC(=O)N1CC(C(=O)NCc2ccc(S(=O)(=O)N3CCOCC3)cc2)Oc2ccccc21. The van der Waals surface area contributed by atoms with Gasteiger partial charge < -0.3 is 19.7 Å². The number of nitrogens with one attached hydrogen (secondary N) is 1. The second-order valence-corrected chi connectivity index (χ2v) is 9.52. The number of ether oxygens (including phenoxy) is 2. The lowest BCUT2D eigenvalue weighted by atomic mass is 10.1. The van der Waals surface area contributed by atoms with Crippen molar-refractivity contribution in [2.75, 3.05) is 37.7 Å². The molecular weight excluding hydrogens is 434 g/mol. The molecule has 2 heterocycles. The summed E-state index contributed by atoms with van der Waals surface area (Å²) in [6.07, 6.45) is -0.838. The van der Waals surface area contributed by atoms with Crippen LogP contribution in [0.1, 0.15) is 12.5 Å². The first-order chi connectivity index (χ1) is 15.4. The van der Waals surface area contributed by atoms with E-state index in [4.69, 9.17) is 9.47 Å². The molecule has 1 fully saturated rings. The van der Waals surface area contributed by atoms with E-state index >= 15 is 0 Å². The van der Waals surface area contributed by atoms with Crippen molar-refractivity contribution < 1.29 is 27.5 Å². The topological polar surface area (TPSA) is 105 Å². The van der Waals surface area contributed by atoms with Crippen LogP contribution < -0.4 is 15.0 Å². The Bertz CT molecular complexity index is 1100. The number of amides is 2. The fraction of sp³-hybridized carbons (Fsp3) is 0.364. The third-order valence-electron chi connectivity index (χ3n) is 5.44. The third-order valence-corrected chi connectivity index (χ3v) is 7.36. The zero-order chi connectivity index (χ0) is 22.7. The summed E-state index contributed by atoms with van der Waals surface area (Å²) in [6, 6.07) is 13.5. The molecule has 32 heavy (non-hydrogen) atoms. The molecule has 2 aromatic carbocycles. The first-order valence-electron chi connectivity index (χ1n) is 10.3. The molecule has 0 aliphatic carbocycles. The van der Waals surface area contributed by atoms with Crippen LogP contribution in [0.15, 0.2) is 53.4 Å². The number of rotatable bonds is 5. The van der Waals surface area contributed by atoms with Crippen molar-refractivity contribution in [3.63, 3.8) is 0 Å². The average Bonchev–Trinajstić information content (AvgIpc) is 2.82. The van der Waals surface area contributed by atoms with Gasteiger partial charge >= 0.3 is 0 Å². The lowest BCUT2D eigenvalue weighted by Gasteiger charge is -2.33. The highest BCUT2D eigenvalue weighted by Gasteiger charge is 2.32. The number of sulfonamides is 1. The molecule has 0 spiro atoms. The van der Waals surface area contributed by atoms with Crippen LogP contribution >= 0.6 is 0 Å². The van der Waals surface area contributed by atoms with Gasteiger partial charge in [0.25, 0.3) is 5.91 Å². The zero-order valence-electron chi connectivity index (χ0n) is 17.7. The Morgan fingerprint density at radius 1 is 1.06 bits per heavy atom. The summed E-state index contributed by atoms with van der Waals surface area (Å²) in [5, 5.41) is 2.80. The van der Waals surface area contributed by atoms with Crippen LogP contribution in [-0.2, 0) is 30.9 Å². The number of morpholine rings is 1. The molecule has 0 saturated carbocycles. The van der Waals surface area contributed by atoms with Crippen LogP contribution in [-0.4, -0.2) is 63.5 Å². The Morgan fingerprint density at radius 3 is 2.44 bits per heavy atom. The first-order valence-corrected chi connectivity index (χ1v) is 11.8. The monoisotopic (exact) mass is 459 g/mol. The lowest BCUT2D eigenvalue weighted by molar-refractivity contribution is -0.128. The predicted molar refractivity (Wildman–Crippen MR) is 117 cm³/mol. The zero-order valence-corrected chi connectivity index (χ0v) is 18.5. The number of benzene rings is 2. The number of hydrogen-bond donors (Lipinski definition) is 1. The smallest absolute Gasteiger partial charge is 0.263 e. The maximum atomic E-state index is 12.7. The number of anilines is 1. The second-order valence-electron chi connectivity index (χ2n) is 7.58. The molecule has 2 aliphatic heterocycles. The van der Waals surface area contributed by atoms with Gasteiger partial charge in [0.1, 0.15) is 5.75 Å². The summed E-state index contributed by atoms with van der Waals surface area (Å²) >= 11 is 0. The number of hydrogen-bond acceptors (Lipinski definition) is 6. The summed E-state index contributed by atoms with van der Waals surface area (Å²) in [4.78, 5) is 26.4. The molecule has 1 atom stereocenters. The summed E-state index contributed by atoms with van der Waals surface area (Å²) in [7, 11) is -3.56. The van der Waals surface area contributed by atoms with Gasteiger partial charge in [-0.1, -0.05) is 24.3 Å². The number of carbonyl (C=O) groups excluding carboxylic acids is 2. The maximum Gasteiger partial charge on any atom is 0.263 e. The van der Waals surface area contributed by atoms with Crippen molar-refractivity contribution in [3.8, 4) is 5.75 Å². The van der Waals surface area contributed by atoms with Crippen molar-refractivity contribution in [1.29, 1.82) is 0 Å². The van der Waals surface area contributed by atoms with E-state index in [1.54, 1.807) is 36.4 Å². The van der Waals surface area contributed by atoms with Crippen LogP contribution in [0.4, 0.5) is 5.69 Å². The van der Waals surface area contributed by atoms with E-state index in [1.165, 1.54) is 28.3 Å². The van der Waals surface area contributed by atoms with E-state index in [2.05, 4.69) is 5.32 Å². The summed E-state index contributed by atoms with van der Waals surface area (Å²) < 4.78 is 37.8. The van der Waals surface area contributed by atoms with Crippen molar-refractivity contribution >= 4 is 27.5 Å². The average molecular weight is 460 g/mol. The standard InChI is InChI=1S/C22H25N3O6S/c1-16(26)25-15-21(31-20-5-3-2-4-19(20)25)22(27)23-14-17-6-8-18(9-7-17)32(28,29)24-10-12-30-13-11-24/h2-9,21H,10-15H2,1H3,(H,23,27). The van der Waals surface area contributed by atoms with Crippen molar-refractivity contribution in [2.24, 2.45) is 0 Å². The second kappa shape index (κ2) is 9.27. The predicted octanol–water partition coefficient (Wildman–Crippen LogP) is 1.14. The summed E-state index contributed by atoms with van der Waals surface area (Å²) in [6.45, 7) is 3.22. The molecule has 10 heteroatoms. The lowest BCUT2D eigenvalue weighted by Crippen LogP contribution is -2.50. The van der Waals surface area contributed by atoms with E-state index in [-0.39, 0.29) is 29.8 Å². The van der Waals surface area contributed by atoms with Gasteiger partial charge in [-0.25, -0.2) is 8.42 Å². The van der Waals surface area contributed by atoms with Gasteiger partial charge in [0, 0.05) is 26.6 Å². The Morgan fingerprint density at radius 2 is 1.75 bits per heavy atom. The summed E-state index contributed by atoms with van der Waals surface area (Å²) in [5.41, 5.74) is 1.39. The van der Waals surface area contributed by atoms with Gasteiger partial charge in [-0.2, -0.15) is 4.31 Å². The first kappa shape index (κ1) is 22.3. The molecule has 1 unspecified atom stereocenters. The van der Waals surface area contributed by atoms with Crippen molar-refractivity contribution in [3.05, 3.63) is 54.1 Å². The molecule has 0 radical (unpaired) electrons. The van der Waals surface area contributed by atoms with Gasteiger partial charge in [0.2, 0.25) is 15.9 Å². The van der Waals surface area contributed by atoms with Gasteiger partial charge in [0.05, 0.1) is 30.3 Å². The van der Waals surface area contributed by atoms with Crippen LogP contribution in [0, 0.1) is 0 Å². The van der Waals surface area contributed by atoms with Crippen LogP contribution in [0.25, 0.3) is 0 Å². The highest BCUT2D eigenvalue weighted by atomic mass is 32.2. The molecule has 170 valence electrons. The van der Waals surface area contributed by atoms with Crippen LogP contribution in [0.3, 0.4) is 0 Å². The Kier molecular flexibility index (Phi) is 6.45. The minimum atomic E-state index is -3.56. The molecule has 0 bridgehead atoms. The van der Waals surface area contributed by atoms with E-state index < -0.39 is 16.1 Å². The highest BCUT2D eigenvalue weighted by molar-refractivity contribution is 7.89. The van der Waals surface area contributed by atoms with E-state index in [0.717, 1.165) is 5.56 Å². The van der Waals surface area contributed by atoms with Crippen LogP contribution in [0.5, 0.6) is 5.75 Å². The van der Waals surface area contributed by atoms with Gasteiger partial charge in [-0.3, -0.25) is 9.59 Å². The Labute approximate surface area is 187 Å². The van der Waals surface area contributed by atoms with Gasteiger partial charge in [-0.05, 0) is 29.8 Å². The number of para-hydroxylation sites is 2. The third kappa shape index (κ3) is 4.62.